The molecule has 0 N–H and O–H groups in total. The molecular formula is C18H22O. The third kappa shape index (κ3) is 3.37. The van der Waals surface area contributed by atoms with Gasteiger partial charge in [-0.05, 0) is 48.6 Å². The molecule has 0 radical (unpaired) electrons. The Kier molecular flexibility index (Phi) is 3.94. The average molecular weight is 254 g/mol. The van der Waals surface area contributed by atoms with E-state index >= 15 is 0 Å². The predicted molar refractivity (Wildman–Crippen MR) is 81.0 cm³/mol. The molecule has 0 aliphatic heterocycles. The Morgan fingerprint density at radius 2 is 1.32 bits per heavy atom. The molecule has 19 heavy (non-hydrogen) atoms. The van der Waals surface area contributed by atoms with Crippen molar-refractivity contribution in [3.63, 3.8) is 0 Å². The molecule has 0 heterocycles. The highest BCUT2D eigenvalue weighted by atomic mass is 16.5. The van der Waals surface area contributed by atoms with Crippen LogP contribution in [0.3, 0.4) is 0 Å². The van der Waals surface area contributed by atoms with Crippen LogP contribution < -0.4 is 4.74 Å². The zero-order valence-electron chi connectivity index (χ0n) is 12.2. The number of aryl methyl sites for hydroxylation is 1. The van der Waals surface area contributed by atoms with E-state index in [0.29, 0.717) is 0 Å². The summed E-state index contributed by atoms with van der Waals surface area (Å²) in [5, 5.41) is 0. The molecular weight excluding hydrogens is 232 g/mol. The van der Waals surface area contributed by atoms with E-state index in [1.807, 2.05) is 24.3 Å². The Balaban J connectivity index is 2.13. The third-order valence-corrected chi connectivity index (χ3v) is 3.78. The van der Waals surface area contributed by atoms with Crippen molar-refractivity contribution in [3.8, 4) is 11.5 Å². The Bertz CT molecular complexity index is 521. The number of hydrogen-bond acceptors (Lipinski definition) is 1. The van der Waals surface area contributed by atoms with Gasteiger partial charge in [-0.25, -0.2) is 0 Å². The lowest BCUT2D eigenvalue weighted by molar-refractivity contribution is 0.478. The van der Waals surface area contributed by atoms with E-state index in [4.69, 9.17) is 4.74 Å². The molecule has 0 amide bonds. The third-order valence-electron chi connectivity index (χ3n) is 3.78. The number of benzene rings is 2. The second-order valence-corrected chi connectivity index (χ2v) is 5.68. The van der Waals surface area contributed by atoms with Gasteiger partial charge >= 0.3 is 0 Å². The summed E-state index contributed by atoms with van der Waals surface area (Å²) in [7, 11) is 0. The second kappa shape index (κ2) is 5.48. The molecule has 0 fully saturated rings. The number of ether oxygens (including phenoxy) is 1. The predicted octanol–water partition coefficient (Wildman–Crippen LogP) is 5.47. The van der Waals surface area contributed by atoms with E-state index in [1.165, 1.54) is 11.1 Å². The molecule has 0 spiro atoms. The fourth-order valence-corrected chi connectivity index (χ4v) is 1.92. The van der Waals surface area contributed by atoms with Gasteiger partial charge in [0.05, 0.1) is 0 Å². The summed E-state index contributed by atoms with van der Waals surface area (Å²) in [4.78, 5) is 0. The first-order valence-corrected chi connectivity index (χ1v) is 6.86. The normalized spacial score (nSPS) is 11.4. The molecule has 2 rings (SSSR count). The van der Waals surface area contributed by atoms with Gasteiger partial charge in [-0.2, -0.15) is 0 Å². The fourth-order valence-electron chi connectivity index (χ4n) is 1.92. The van der Waals surface area contributed by atoms with Crippen LogP contribution in [0.15, 0.2) is 48.5 Å². The van der Waals surface area contributed by atoms with Crippen molar-refractivity contribution in [1.29, 1.82) is 0 Å². The van der Waals surface area contributed by atoms with Crippen LogP contribution in [0.25, 0.3) is 0 Å². The van der Waals surface area contributed by atoms with Crippen LogP contribution in [0.4, 0.5) is 0 Å². The molecule has 2 aromatic carbocycles. The van der Waals surface area contributed by atoms with Gasteiger partial charge in [0.1, 0.15) is 11.5 Å². The van der Waals surface area contributed by atoms with Crippen molar-refractivity contribution in [2.75, 3.05) is 0 Å². The van der Waals surface area contributed by atoms with Gasteiger partial charge < -0.3 is 4.74 Å². The molecule has 100 valence electrons. The van der Waals surface area contributed by atoms with Crippen LogP contribution in [-0.4, -0.2) is 0 Å². The van der Waals surface area contributed by atoms with Crippen LogP contribution in [0.5, 0.6) is 11.5 Å². The number of hydrogen-bond donors (Lipinski definition) is 0. The van der Waals surface area contributed by atoms with E-state index in [0.717, 1.165) is 17.9 Å². The minimum absolute atomic E-state index is 0.225. The Morgan fingerprint density at radius 1 is 0.842 bits per heavy atom. The largest absolute Gasteiger partial charge is 0.457 e. The molecule has 0 aliphatic carbocycles. The Hall–Kier alpha value is -1.76. The van der Waals surface area contributed by atoms with Crippen molar-refractivity contribution >= 4 is 0 Å². The van der Waals surface area contributed by atoms with Gasteiger partial charge in [-0.15, -0.1) is 0 Å². The van der Waals surface area contributed by atoms with Crippen LogP contribution in [-0.2, 0) is 5.41 Å². The van der Waals surface area contributed by atoms with Gasteiger partial charge in [0.2, 0.25) is 0 Å². The second-order valence-electron chi connectivity index (χ2n) is 5.68. The van der Waals surface area contributed by atoms with Gasteiger partial charge in [-0.3, -0.25) is 0 Å². The van der Waals surface area contributed by atoms with Crippen LogP contribution in [0.2, 0.25) is 0 Å². The van der Waals surface area contributed by atoms with Gasteiger partial charge in [-0.1, -0.05) is 50.6 Å². The minimum Gasteiger partial charge on any atom is -0.457 e. The summed E-state index contributed by atoms with van der Waals surface area (Å²) in [6.45, 7) is 8.83. The highest BCUT2D eigenvalue weighted by Crippen LogP contribution is 2.29. The molecule has 0 aliphatic rings. The fraction of sp³-hybridized carbons (Fsp3) is 0.333. The first-order valence-electron chi connectivity index (χ1n) is 6.86. The van der Waals surface area contributed by atoms with Gasteiger partial charge in [0.25, 0.3) is 0 Å². The zero-order valence-corrected chi connectivity index (χ0v) is 12.2. The molecule has 1 nitrogen and oxygen atoms in total. The maximum atomic E-state index is 5.83. The standard InChI is InChI=1S/C18H22O/c1-5-18(3,4)15-8-12-17(13-9-15)19-16-10-6-14(2)7-11-16/h6-13H,5H2,1-4H3. The van der Waals surface area contributed by atoms with E-state index in [-0.39, 0.29) is 5.41 Å². The van der Waals surface area contributed by atoms with Crippen LogP contribution in [0.1, 0.15) is 38.3 Å². The van der Waals surface area contributed by atoms with E-state index < -0.39 is 0 Å². The summed E-state index contributed by atoms with van der Waals surface area (Å²) in [6, 6.07) is 16.5. The summed E-state index contributed by atoms with van der Waals surface area (Å²) >= 11 is 0. The average Bonchev–Trinajstić information content (AvgIpc) is 2.42. The molecule has 0 bridgehead atoms. The van der Waals surface area contributed by atoms with E-state index in [2.05, 4.69) is 52.0 Å². The highest BCUT2D eigenvalue weighted by molar-refractivity contribution is 5.36. The number of rotatable bonds is 4. The van der Waals surface area contributed by atoms with E-state index in [1.54, 1.807) is 0 Å². The SMILES string of the molecule is CCC(C)(C)c1ccc(Oc2ccc(C)cc2)cc1. The van der Waals surface area contributed by atoms with Gasteiger partial charge in [0.15, 0.2) is 0 Å². The van der Waals surface area contributed by atoms with Crippen molar-refractivity contribution in [3.05, 3.63) is 59.7 Å². The Labute approximate surface area is 116 Å². The van der Waals surface area contributed by atoms with E-state index in [9.17, 15) is 0 Å². The summed E-state index contributed by atoms with van der Waals surface area (Å²) < 4.78 is 5.83. The lowest BCUT2D eigenvalue weighted by atomic mass is 9.82. The monoisotopic (exact) mass is 254 g/mol. The van der Waals surface area contributed by atoms with Crippen molar-refractivity contribution < 1.29 is 4.74 Å². The maximum Gasteiger partial charge on any atom is 0.127 e. The topological polar surface area (TPSA) is 9.23 Å². The van der Waals surface area contributed by atoms with Crippen LogP contribution >= 0.6 is 0 Å². The first kappa shape index (κ1) is 13.7. The quantitative estimate of drug-likeness (QED) is 0.702. The molecule has 0 saturated heterocycles. The maximum absolute atomic E-state index is 5.83. The summed E-state index contributed by atoms with van der Waals surface area (Å²) in [5.74, 6) is 1.77. The smallest absolute Gasteiger partial charge is 0.127 e. The molecule has 0 aromatic heterocycles. The summed E-state index contributed by atoms with van der Waals surface area (Å²) in [6.07, 6.45) is 1.13. The van der Waals surface area contributed by atoms with Crippen molar-refractivity contribution in [2.24, 2.45) is 0 Å². The lowest BCUT2D eigenvalue weighted by Crippen LogP contribution is -2.14. The molecule has 0 atom stereocenters. The molecule has 1 heteroatoms. The van der Waals surface area contributed by atoms with Gasteiger partial charge in [0, 0.05) is 0 Å². The first-order chi connectivity index (χ1) is 9.01. The summed E-state index contributed by atoms with van der Waals surface area (Å²) in [5.41, 5.74) is 2.82. The lowest BCUT2D eigenvalue weighted by Gasteiger charge is -2.23. The molecule has 0 saturated carbocycles. The minimum atomic E-state index is 0.225. The molecule has 2 aromatic rings. The highest BCUT2D eigenvalue weighted by Gasteiger charge is 2.17. The van der Waals surface area contributed by atoms with Crippen molar-refractivity contribution in [1.82, 2.24) is 0 Å². The van der Waals surface area contributed by atoms with Crippen LogP contribution in [0, 0.1) is 6.92 Å². The zero-order chi connectivity index (χ0) is 13.9. The Morgan fingerprint density at radius 3 is 1.79 bits per heavy atom. The van der Waals surface area contributed by atoms with Crippen molar-refractivity contribution in [2.45, 2.75) is 39.5 Å². The molecule has 0 unspecified atom stereocenters.